The van der Waals surface area contributed by atoms with E-state index in [1.165, 1.54) is 0 Å². The van der Waals surface area contributed by atoms with Crippen LogP contribution in [-0.2, 0) is 16.1 Å². The molecule has 2 rings (SSSR count). The number of thiophene rings is 1. The van der Waals surface area contributed by atoms with Crippen molar-refractivity contribution in [2.75, 3.05) is 19.7 Å². The quantitative estimate of drug-likeness (QED) is 0.877. The number of ether oxygens (including phenoxy) is 1. The summed E-state index contributed by atoms with van der Waals surface area (Å²) in [6.07, 6.45) is -0.350. The third-order valence-electron chi connectivity index (χ3n) is 2.29. The first-order valence-electron chi connectivity index (χ1n) is 5.10. The smallest absolute Gasteiger partial charge is 0.250 e. The van der Waals surface area contributed by atoms with E-state index in [-0.39, 0.29) is 24.4 Å². The molecular formula is C10H14BrClN2O2S. The Morgan fingerprint density at radius 2 is 2.47 bits per heavy atom. The van der Waals surface area contributed by atoms with Gasteiger partial charge in [0, 0.05) is 18.0 Å². The number of nitrogens with one attached hydrogen (secondary N) is 2. The maximum Gasteiger partial charge on any atom is 0.250 e. The second kappa shape index (κ2) is 7.33. The van der Waals surface area contributed by atoms with Crippen LogP contribution in [0.3, 0.4) is 0 Å². The normalized spacial score (nSPS) is 19.5. The van der Waals surface area contributed by atoms with E-state index in [9.17, 15) is 4.79 Å². The third-order valence-corrected chi connectivity index (χ3v) is 3.91. The molecule has 0 aromatic carbocycles. The topological polar surface area (TPSA) is 50.4 Å². The van der Waals surface area contributed by atoms with Gasteiger partial charge < -0.3 is 15.4 Å². The van der Waals surface area contributed by atoms with Gasteiger partial charge in [-0.05, 0) is 28.1 Å². The number of hydrogen-bond acceptors (Lipinski definition) is 4. The molecule has 17 heavy (non-hydrogen) atoms. The minimum atomic E-state index is -0.350. The number of carbonyl (C=O) groups excluding carboxylic acids is 1. The van der Waals surface area contributed by atoms with Crippen LogP contribution in [0.5, 0.6) is 0 Å². The minimum absolute atomic E-state index is 0. The van der Waals surface area contributed by atoms with E-state index in [0.29, 0.717) is 19.7 Å². The number of carbonyl (C=O) groups is 1. The average molecular weight is 342 g/mol. The summed E-state index contributed by atoms with van der Waals surface area (Å²) in [6.45, 7) is 2.58. The highest BCUT2D eigenvalue weighted by atomic mass is 79.9. The van der Waals surface area contributed by atoms with E-state index in [1.54, 1.807) is 11.3 Å². The molecule has 2 heterocycles. The summed E-state index contributed by atoms with van der Waals surface area (Å²) in [5, 5.41) is 5.99. The standard InChI is InChI=1S/C10H13BrN2O2S.ClH/c11-9-2-1-7(16-9)5-13-10(14)8-6-12-3-4-15-8;/h1-2,8,12H,3-6H2,(H,13,14);1H. The molecular weight excluding hydrogens is 328 g/mol. The first-order chi connectivity index (χ1) is 7.75. The fourth-order valence-corrected chi connectivity index (χ4v) is 2.89. The third kappa shape index (κ3) is 4.56. The Morgan fingerprint density at radius 1 is 1.65 bits per heavy atom. The molecule has 1 aliphatic rings. The Morgan fingerprint density at radius 3 is 3.06 bits per heavy atom. The zero-order valence-electron chi connectivity index (χ0n) is 9.07. The van der Waals surface area contributed by atoms with E-state index in [0.717, 1.165) is 15.2 Å². The number of morpholine rings is 1. The Balaban J connectivity index is 0.00000144. The number of amides is 1. The fourth-order valence-electron chi connectivity index (χ4n) is 1.47. The summed E-state index contributed by atoms with van der Waals surface area (Å²) >= 11 is 5.01. The van der Waals surface area contributed by atoms with Crippen molar-refractivity contribution in [1.82, 2.24) is 10.6 Å². The fraction of sp³-hybridized carbons (Fsp3) is 0.500. The maximum atomic E-state index is 11.7. The first kappa shape index (κ1) is 14.9. The summed E-state index contributed by atoms with van der Waals surface area (Å²) in [7, 11) is 0. The van der Waals surface area contributed by atoms with Gasteiger partial charge in [0.2, 0.25) is 0 Å². The molecule has 1 saturated heterocycles. The predicted octanol–water partition coefficient (Wildman–Crippen LogP) is 1.54. The van der Waals surface area contributed by atoms with Crippen LogP contribution in [0.2, 0.25) is 0 Å². The molecule has 1 aliphatic heterocycles. The highest BCUT2D eigenvalue weighted by molar-refractivity contribution is 9.11. The Bertz CT molecular complexity index is 369. The molecule has 4 nitrogen and oxygen atoms in total. The summed E-state index contributed by atoms with van der Waals surface area (Å²) in [5.74, 6) is -0.0447. The van der Waals surface area contributed by atoms with Crippen LogP contribution in [0.15, 0.2) is 15.9 Å². The van der Waals surface area contributed by atoms with Crippen molar-refractivity contribution in [3.63, 3.8) is 0 Å². The van der Waals surface area contributed by atoms with E-state index >= 15 is 0 Å². The molecule has 1 unspecified atom stereocenters. The second-order valence-electron chi connectivity index (χ2n) is 3.49. The molecule has 1 atom stereocenters. The molecule has 1 aromatic rings. The monoisotopic (exact) mass is 340 g/mol. The second-order valence-corrected chi connectivity index (χ2v) is 6.03. The zero-order chi connectivity index (χ0) is 11.4. The van der Waals surface area contributed by atoms with Crippen molar-refractivity contribution in [3.8, 4) is 0 Å². The van der Waals surface area contributed by atoms with Gasteiger partial charge in [-0.25, -0.2) is 0 Å². The average Bonchev–Trinajstić information content (AvgIpc) is 2.73. The molecule has 0 spiro atoms. The lowest BCUT2D eigenvalue weighted by Crippen LogP contribution is -2.47. The van der Waals surface area contributed by atoms with E-state index in [2.05, 4.69) is 26.6 Å². The summed E-state index contributed by atoms with van der Waals surface area (Å²) in [5.41, 5.74) is 0. The molecule has 96 valence electrons. The van der Waals surface area contributed by atoms with E-state index in [1.807, 2.05) is 12.1 Å². The van der Waals surface area contributed by atoms with Gasteiger partial charge in [-0.2, -0.15) is 0 Å². The van der Waals surface area contributed by atoms with Crippen LogP contribution in [0, 0.1) is 0 Å². The van der Waals surface area contributed by atoms with Crippen LogP contribution in [-0.4, -0.2) is 31.7 Å². The predicted molar refractivity (Wildman–Crippen MR) is 73.7 cm³/mol. The van der Waals surface area contributed by atoms with Crippen LogP contribution < -0.4 is 10.6 Å². The maximum absolute atomic E-state index is 11.7. The van der Waals surface area contributed by atoms with Crippen molar-refractivity contribution in [2.45, 2.75) is 12.6 Å². The molecule has 0 bridgehead atoms. The molecule has 1 aromatic heterocycles. The lowest BCUT2D eigenvalue weighted by molar-refractivity contribution is -0.134. The molecule has 2 N–H and O–H groups in total. The van der Waals surface area contributed by atoms with Gasteiger partial charge in [0.25, 0.3) is 5.91 Å². The van der Waals surface area contributed by atoms with Crippen molar-refractivity contribution < 1.29 is 9.53 Å². The molecule has 0 saturated carbocycles. The van der Waals surface area contributed by atoms with Crippen molar-refractivity contribution >= 4 is 45.6 Å². The number of rotatable bonds is 3. The first-order valence-corrected chi connectivity index (χ1v) is 6.71. The van der Waals surface area contributed by atoms with Gasteiger partial charge in [-0.1, -0.05) is 0 Å². The van der Waals surface area contributed by atoms with Gasteiger partial charge in [-0.3, -0.25) is 4.79 Å². The molecule has 0 aliphatic carbocycles. The van der Waals surface area contributed by atoms with E-state index < -0.39 is 0 Å². The zero-order valence-corrected chi connectivity index (χ0v) is 12.3. The van der Waals surface area contributed by atoms with Gasteiger partial charge >= 0.3 is 0 Å². The molecule has 0 radical (unpaired) electrons. The van der Waals surface area contributed by atoms with Crippen LogP contribution in [0.4, 0.5) is 0 Å². The van der Waals surface area contributed by atoms with Gasteiger partial charge in [-0.15, -0.1) is 23.7 Å². The lowest BCUT2D eigenvalue weighted by Gasteiger charge is -2.22. The summed E-state index contributed by atoms with van der Waals surface area (Å²) in [4.78, 5) is 12.8. The minimum Gasteiger partial charge on any atom is -0.366 e. The molecule has 7 heteroatoms. The largest absolute Gasteiger partial charge is 0.366 e. The SMILES string of the molecule is Cl.O=C(NCc1ccc(Br)s1)C1CNCCO1. The van der Waals surface area contributed by atoms with Crippen molar-refractivity contribution in [3.05, 3.63) is 20.8 Å². The summed E-state index contributed by atoms with van der Waals surface area (Å²) in [6, 6.07) is 3.97. The van der Waals surface area contributed by atoms with Crippen LogP contribution in [0.1, 0.15) is 4.88 Å². The summed E-state index contributed by atoms with van der Waals surface area (Å²) < 4.78 is 6.43. The number of hydrogen-bond donors (Lipinski definition) is 2. The van der Waals surface area contributed by atoms with Crippen molar-refractivity contribution in [1.29, 1.82) is 0 Å². The van der Waals surface area contributed by atoms with Crippen LogP contribution >= 0.6 is 39.7 Å². The molecule has 1 fully saturated rings. The Labute approximate surface area is 119 Å². The highest BCUT2D eigenvalue weighted by Gasteiger charge is 2.21. The number of halogens is 2. The van der Waals surface area contributed by atoms with Crippen molar-refractivity contribution in [2.24, 2.45) is 0 Å². The van der Waals surface area contributed by atoms with Gasteiger partial charge in [0.05, 0.1) is 16.9 Å². The van der Waals surface area contributed by atoms with E-state index in [4.69, 9.17) is 4.74 Å². The van der Waals surface area contributed by atoms with Gasteiger partial charge in [0.1, 0.15) is 6.10 Å². The highest BCUT2D eigenvalue weighted by Crippen LogP contribution is 2.21. The Kier molecular flexibility index (Phi) is 6.43. The van der Waals surface area contributed by atoms with Crippen LogP contribution in [0.25, 0.3) is 0 Å². The van der Waals surface area contributed by atoms with Gasteiger partial charge in [0.15, 0.2) is 0 Å². The lowest BCUT2D eigenvalue weighted by atomic mass is 10.3. The Hall–Kier alpha value is -0.140. The molecule has 1 amide bonds.